The number of carboxylic acids is 1. The summed E-state index contributed by atoms with van der Waals surface area (Å²) in [7, 11) is 0. The summed E-state index contributed by atoms with van der Waals surface area (Å²) < 4.78 is 0. The van der Waals surface area contributed by atoms with E-state index in [9.17, 15) is 9.59 Å². The molecule has 3 N–H and O–H groups in total. The summed E-state index contributed by atoms with van der Waals surface area (Å²) in [4.78, 5) is 22.3. The van der Waals surface area contributed by atoms with Crippen molar-refractivity contribution in [1.29, 1.82) is 0 Å². The molecule has 19 heavy (non-hydrogen) atoms. The van der Waals surface area contributed by atoms with Gasteiger partial charge in [0.25, 0.3) is 0 Å². The van der Waals surface area contributed by atoms with E-state index < -0.39 is 5.97 Å². The Bertz CT molecular complexity index is 334. The Kier molecular flexibility index (Phi) is 8.43. The van der Waals surface area contributed by atoms with Crippen LogP contribution in [0.2, 0.25) is 0 Å². The third-order valence-electron chi connectivity index (χ3n) is 2.62. The Morgan fingerprint density at radius 1 is 1.32 bits per heavy atom. The van der Waals surface area contributed by atoms with E-state index in [1.165, 1.54) is 0 Å². The average molecular weight is 268 g/mol. The number of terminal acetylenes is 1. The van der Waals surface area contributed by atoms with E-state index in [0.717, 1.165) is 6.42 Å². The second kappa shape index (κ2) is 9.26. The van der Waals surface area contributed by atoms with Crippen LogP contribution in [0, 0.1) is 24.2 Å². The van der Waals surface area contributed by atoms with Crippen LogP contribution in [0.4, 0.5) is 4.79 Å². The number of rotatable bonds is 8. The van der Waals surface area contributed by atoms with E-state index in [-0.39, 0.29) is 24.4 Å². The topological polar surface area (TPSA) is 78.4 Å². The van der Waals surface area contributed by atoms with E-state index in [4.69, 9.17) is 11.5 Å². The van der Waals surface area contributed by atoms with Crippen LogP contribution in [0.1, 0.15) is 40.0 Å². The minimum Gasteiger partial charge on any atom is -0.481 e. The van der Waals surface area contributed by atoms with Crippen LogP contribution in [0.15, 0.2) is 0 Å². The Hall–Kier alpha value is -1.70. The van der Waals surface area contributed by atoms with E-state index in [0.29, 0.717) is 18.9 Å². The number of hydrogen-bond acceptors (Lipinski definition) is 2. The SMILES string of the molecule is C#CCC(C)NC(=O)NC[C@H](CC(=O)O)CC(C)C. The van der Waals surface area contributed by atoms with Gasteiger partial charge in [0, 0.05) is 25.4 Å². The number of aliphatic carboxylic acids is 1. The van der Waals surface area contributed by atoms with Gasteiger partial charge >= 0.3 is 12.0 Å². The zero-order valence-electron chi connectivity index (χ0n) is 11.9. The molecule has 0 rings (SSSR count). The lowest BCUT2D eigenvalue weighted by Gasteiger charge is -2.19. The molecular formula is C14H24N2O3. The van der Waals surface area contributed by atoms with Crippen molar-refractivity contribution in [2.24, 2.45) is 11.8 Å². The van der Waals surface area contributed by atoms with Crippen molar-refractivity contribution in [3.05, 3.63) is 0 Å². The first-order valence-electron chi connectivity index (χ1n) is 6.54. The quantitative estimate of drug-likeness (QED) is 0.588. The Morgan fingerprint density at radius 3 is 2.42 bits per heavy atom. The molecule has 0 aromatic rings. The maximum atomic E-state index is 11.6. The predicted molar refractivity (Wildman–Crippen MR) is 74.6 cm³/mol. The molecule has 2 amide bonds. The van der Waals surface area contributed by atoms with Gasteiger partial charge in [0.1, 0.15) is 0 Å². The van der Waals surface area contributed by atoms with Crippen LogP contribution in [-0.2, 0) is 4.79 Å². The van der Waals surface area contributed by atoms with Gasteiger partial charge in [-0.1, -0.05) is 13.8 Å². The highest BCUT2D eigenvalue weighted by Gasteiger charge is 2.16. The van der Waals surface area contributed by atoms with E-state index in [2.05, 4.69) is 16.6 Å². The molecule has 0 bridgehead atoms. The Labute approximate surface area is 115 Å². The lowest BCUT2D eigenvalue weighted by atomic mass is 9.94. The number of nitrogens with one attached hydrogen (secondary N) is 2. The van der Waals surface area contributed by atoms with Crippen molar-refractivity contribution in [2.75, 3.05) is 6.54 Å². The van der Waals surface area contributed by atoms with Gasteiger partial charge in [0.05, 0.1) is 0 Å². The summed E-state index contributed by atoms with van der Waals surface area (Å²) in [5.74, 6) is 1.98. The van der Waals surface area contributed by atoms with Gasteiger partial charge in [-0.15, -0.1) is 12.3 Å². The predicted octanol–water partition coefficient (Wildman–Crippen LogP) is 1.83. The second-order valence-corrected chi connectivity index (χ2v) is 5.26. The van der Waals surface area contributed by atoms with Crippen molar-refractivity contribution in [3.63, 3.8) is 0 Å². The second-order valence-electron chi connectivity index (χ2n) is 5.26. The summed E-state index contributed by atoms with van der Waals surface area (Å²) in [6.07, 6.45) is 6.46. The van der Waals surface area contributed by atoms with E-state index in [1.54, 1.807) is 0 Å². The summed E-state index contributed by atoms with van der Waals surface area (Å²) in [6.45, 7) is 6.25. The van der Waals surface area contributed by atoms with Crippen molar-refractivity contribution < 1.29 is 14.7 Å². The molecule has 0 saturated heterocycles. The Morgan fingerprint density at radius 2 is 1.95 bits per heavy atom. The highest BCUT2D eigenvalue weighted by Crippen LogP contribution is 2.14. The zero-order valence-corrected chi connectivity index (χ0v) is 11.9. The Balaban J connectivity index is 4.12. The molecule has 5 nitrogen and oxygen atoms in total. The van der Waals surface area contributed by atoms with Crippen LogP contribution >= 0.6 is 0 Å². The molecule has 108 valence electrons. The molecule has 5 heteroatoms. The third-order valence-corrected chi connectivity index (χ3v) is 2.62. The standard InChI is InChI=1S/C14H24N2O3/c1-5-6-11(4)16-14(19)15-9-12(7-10(2)3)8-13(17)18/h1,10-12H,6-9H2,2-4H3,(H,17,18)(H2,15,16,19)/t11?,12-/m0/s1. The minimum atomic E-state index is -0.839. The molecule has 0 fully saturated rings. The normalized spacial score (nSPS) is 13.4. The van der Waals surface area contributed by atoms with Crippen LogP contribution in [0.3, 0.4) is 0 Å². The van der Waals surface area contributed by atoms with Crippen LogP contribution in [0.5, 0.6) is 0 Å². The molecule has 0 aliphatic heterocycles. The lowest BCUT2D eigenvalue weighted by Crippen LogP contribution is -2.42. The molecule has 0 spiro atoms. The van der Waals surface area contributed by atoms with Gasteiger partial charge < -0.3 is 15.7 Å². The molecule has 0 heterocycles. The number of hydrogen-bond donors (Lipinski definition) is 3. The molecule has 0 aliphatic rings. The fourth-order valence-electron chi connectivity index (χ4n) is 1.89. The summed E-state index contributed by atoms with van der Waals surface area (Å²) in [5, 5.41) is 14.2. The first-order chi connectivity index (χ1) is 8.85. The smallest absolute Gasteiger partial charge is 0.315 e. The van der Waals surface area contributed by atoms with Crippen molar-refractivity contribution in [2.45, 2.75) is 46.1 Å². The van der Waals surface area contributed by atoms with Gasteiger partial charge in [-0.3, -0.25) is 4.79 Å². The lowest BCUT2D eigenvalue weighted by molar-refractivity contribution is -0.138. The number of carbonyl (C=O) groups is 2. The largest absolute Gasteiger partial charge is 0.481 e. The molecule has 0 aliphatic carbocycles. The number of carboxylic acid groups (broad SMARTS) is 1. The number of amides is 2. The number of carbonyl (C=O) groups excluding carboxylic acids is 1. The van der Waals surface area contributed by atoms with Gasteiger partial charge in [0.2, 0.25) is 0 Å². The fraction of sp³-hybridized carbons (Fsp3) is 0.714. The van der Waals surface area contributed by atoms with Crippen LogP contribution < -0.4 is 10.6 Å². The molecule has 0 saturated carbocycles. The van der Waals surface area contributed by atoms with Crippen molar-refractivity contribution >= 4 is 12.0 Å². The molecular weight excluding hydrogens is 244 g/mol. The summed E-state index contributed by atoms with van der Waals surface area (Å²) in [6, 6.07) is -0.394. The molecule has 0 radical (unpaired) electrons. The molecule has 2 atom stereocenters. The first kappa shape index (κ1) is 17.3. The maximum absolute atomic E-state index is 11.6. The third kappa shape index (κ3) is 9.95. The van der Waals surface area contributed by atoms with E-state index >= 15 is 0 Å². The highest BCUT2D eigenvalue weighted by molar-refractivity contribution is 5.74. The van der Waals surface area contributed by atoms with E-state index in [1.807, 2.05) is 20.8 Å². The van der Waals surface area contributed by atoms with Crippen LogP contribution in [-0.4, -0.2) is 29.7 Å². The van der Waals surface area contributed by atoms with Gasteiger partial charge in [-0.05, 0) is 25.2 Å². The minimum absolute atomic E-state index is 0.0498. The van der Waals surface area contributed by atoms with Gasteiger partial charge in [0.15, 0.2) is 0 Å². The zero-order chi connectivity index (χ0) is 14.8. The van der Waals surface area contributed by atoms with Gasteiger partial charge in [-0.2, -0.15) is 0 Å². The van der Waals surface area contributed by atoms with Crippen LogP contribution in [0.25, 0.3) is 0 Å². The first-order valence-corrected chi connectivity index (χ1v) is 6.54. The summed E-state index contributed by atoms with van der Waals surface area (Å²) >= 11 is 0. The molecule has 0 aromatic carbocycles. The maximum Gasteiger partial charge on any atom is 0.315 e. The number of urea groups is 1. The summed E-state index contributed by atoms with van der Waals surface area (Å²) in [5.41, 5.74) is 0. The highest BCUT2D eigenvalue weighted by atomic mass is 16.4. The van der Waals surface area contributed by atoms with Crippen molar-refractivity contribution in [3.8, 4) is 12.3 Å². The monoisotopic (exact) mass is 268 g/mol. The van der Waals surface area contributed by atoms with Crippen molar-refractivity contribution in [1.82, 2.24) is 10.6 Å². The average Bonchev–Trinajstić information content (AvgIpc) is 2.24. The van der Waals surface area contributed by atoms with Gasteiger partial charge in [-0.25, -0.2) is 4.79 Å². The molecule has 0 aromatic heterocycles. The fourth-order valence-corrected chi connectivity index (χ4v) is 1.89. The molecule has 1 unspecified atom stereocenters.